The van der Waals surface area contributed by atoms with E-state index in [0.717, 1.165) is 89.9 Å². The minimum atomic E-state index is -0.782. The number of ether oxygens (including phenoxy) is 3. The maximum Gasteiger partial charge on any atom is 0.306 e. The van der Waals surface area contributed by atoms with Gasteiger partial charge in [0.2, 0.25) is 0 Å². The van der Waals surface area contributed by atoms with Crippen LogP contribution in [0.2, 0.25) is 0 Å². The Labute approximate surface area is 498 Å². The predicted molar refractivity (Wildman–Crippen MR) is 349 cm³/mol. The molecular weight excluding hydrogens is 985 g/mol. The zero-order valence-electron chi connectivity index (χ0n) is 53.9. The van der Waals surface area contributed by atoms with Crippen LogP contribution in [0.25, 0.3) is 0 Å². The van der Waals surface area contributed by atoms with E-state index in [0.29, 0.717) is 19.3 Å². The molecule has 0 saturated heterocycles. The van der Waals surface area contributed by atoms with Gasteiger partial charge in [-0.2, -0.15) is 0 Å². The van der Waals surface area contributed by atoms with Crippen molar-refractivity contribution in [2.45, 2.75) is 393 Å². The Morgan fingerprint density at radius 2 is 0.463 bits per heavy atom. The molecule has 0 amide bonds. The minimum absolute atomic E-state index is 0.0778. The molecule has 0 N–H and O–H groups in total. The molecule has 0 radical (unpaired) electrons. The lowest BCUT2D eigenvalue weighted by atomic mass is 10.0. The molecule has 0 bridgehead atoms. The van der Waals surface area contributed by atoms with Crippen molar-refractivity contribution in [2.75, 3.05) is 13.2 Å². The highest BCUT2D eigenvalue weighted by Gasteiger charge is 2.19. The zero-order valence-corrected chi connectivity index (χ0v) is 53.9. The summed E-state index contributed by atoms with van der Waals surface area (Å²) in [6.45, 7) is 6.62. The molecule has 0 aliphatic rings. The summed E-state index contributed by atoms with van der Waals surface area (Å²) in [5.41, 5.74) is 0. The molecule has 0 rings (SSSR count). The lowest BCUT2D eigenvalue weighted by molar-refractivity contribution is -0.167. The first-order valence-corrected chi connectivity index (χ1v) is 35.6. The second kappa shape index (κ2) is 68.9. The smallest absolute Gasteiger partial charge is 0.306 e. The van der Waals surface area contributed by atoms with E-state index < -0.39 is 6.10 Å². The van der Waals surface area contributed by atoms with Crippen molar-refractivity contribution in [1.29, 1.82) is 0 Å². The van der Waals surface area contributed by atoms with E-state index in [9.17, 15) is 14.4 Å². The molecule has 0 aromatic rings. The Hall–Kier alpha value is -2.63. The van der Waals surface area contributed by atoms with E-state index in [1.165, 1.54) is 257 Å². The molecule has 468 valence electrons. The van der Waals surface area contributed by atoms with Crippen LogP contribution in [-0.4, -0.2) is 37.2 Å². The Bertz CT molecular complexity index is 1380. The molecule has 0 heterocycles. The van der Waals surface area contributed by atoms with Crippen molar-refractivity contribution in [3.8, 4) is 0 Å². The second-order valence-corrected chi connectivity index (χ2v) is 24.1. The molecule has 1 unspecified atom stereocenters. The van der Waals surface area contributed by atoms with Crippen LogP contribution in [0.1, 0.15) is 387 Å². The largest absolute Gasteiger partial charge is 0.462 e. The van der Waals surface area contributed by atoms with Crippen molar-refractivity contribution >= 4 is 17.9 Å². The molecule has 80 heavy (non-hydrogen) atoms. The lowest BCUT2D eigenvalue weighted by Crippen LogP contribution is -2.30. The first kappa shape index (κ1) is 77.4. The molecule has 6 nitrogen and oxygen atoms in total. The SMILES string of the molecule is CCCC/C=C\C/C=C\CCCCCCCC(=O)OC(COC(=O)CCCCCCC/C=C\CCCCCC)COC(=O)CCCCCCCCCCCCCCCCCCCCCCCCC/C=C\CCCCCCCCCC. The highest BCUT2D eigenvalue weighted by atomic mass is 16.6. The summed E-state index contributed by atoms with van der Waals surface area (Å²) in [5, 5.41) is 0. The molecule has 0 aliphatic carbocycles. The zero-order chi connectivity index (χ0) is 57.8. The van der Waals surface area contributed by atoms with Gasteiger partial charge in [0.15, 0.2) is 6.10 Å². The number of hydrogen-bond acceptors (Lipinski definition) is 6. The summed E-state index contributed by atoms with van der Waals surface area (Å²) in [6.07, 6.45) is 87.4. The van der Waals surface area contributed by atoms with Crippen LogP contribution < -0.4 is 0 Å². The van der Waals surface area contributed by atoms with Crippen LogP contribution in [0.3, 0.4) is 0 Å². The summed E-state index contributed by atoms with van der Waals surface area (Å²) in [5.74, 6) is -0.880. The lowest BCUT2D eigenvalue weighted by Gasteiger charge is -2.18. The fourth-order valence-corrected chi connectivity index (χ4v) is 10.6. The van der Waals surface area contributed by atoms with Crippen LogP contribution in [0.4, 0.5) is 0 Å². The number of carbonyl (C=O) groups is 3. The Kier molecular flexibility index (Phi) is 66.6. The van der Waals surface area contributed by atoms with Gasteiger partial charge in [-0.25, -0.2) is 0 Å². The third kappa shape index (κ3) is 66.2. The van der Waals surface area contributed by atoms with Gasteiger partial charge in [0.05, 0.1) is 0 Å². The molecule has 0 saturated carbocycles. The van der Waals surface area contributed by atoms with E-state index in [1.807, 2.05) is 0 Å². The number of rotatable bonds is 66. The average molecular weight is 1120 g/mol. The van der Waals surface area contributed by atoms with Gasteiger partial charge in [0, 0.05) is 19.3 Å². The van der Waals surface area contributed by atoms with Gasteiger partial charge in [0.1, 0.15) is 13.2 Å². The van der Waals surface area contributed by atoms with E-state index in [2.05, 4.69) is 69.4 Å². The number of carbonyl (C=O) groups excluding carboxylic acids is 3. The van der Waals surface area contributed by atoms with Crippen molar-refractivity contribution in [1.82, 2.24) is 0 Å². The Morgan fingerprint density at radius 1 is 0.250 bits per heavy atom. The summed E-state index contributed by atoms with van der Waals surface area (Å²) in [6, 6.07) is 0. The first-order chi connectivity index (χ1) is 39.5. The molecule has 0 fully saturated rings. The molecule has 0 aromatic heterocycles. The number of esters is 3. The first-order valence-electron chi connectivity index (χ1n) is 35.6. The Balaban J connectivity index is 4.04. The quantitative estimate of drug-likeness (QED) is 0.0261. The fraction of sp³-hybridized carbons (Fsp3) is 0.851. The van der Waals surface area contributed by atoms with Crippen LogP contribution in [0.15, 0.2) is 48.6 Å². The van der Waals surface area contributed by atoms with Crippen molar-refractivity contribution in [2.24, 2.45) is 0 Å². The van der Waals surface area contributed by atoms with Crippen LogP contribution in [-0.2, 0) is 28.6 Å². The third-order valence-corrected chi connectivity index (χ3v) is 16.0. The highest BCUT2D eigenvalue weighted by Crippen LogP contribution is 2.18. The monoisotopic (exact) mass is 1120 g/mol. The topological polar surface area (TPSA) is 78.9 Å². The van der Waals surface area contributed by atoms with E-state index in [1.54, 1.807) is 0 Å². The Morgan fingerprint density at radius 3 is 0.750 bits per heavy atom. The van der Waals surface area contributed by atoms with Crippen LogP contribution in [0, 0.1) is 0 Å². The molecule has 0 aliphatic heterocycles. The maximum atomic E-state index is 12.9. The van der Waals surface area contributed by atoms with Gasteiger partial charge in [-0.3, -0.25) is 14.4 Å². The standard InChI is InChI=1S/C74H136O6/c1-4-7-10-13-16-19-22-25-27-28-29-30-31-32-33-34-35-36-37-38-39-40-41-42-43-44-45-46-47-50-52-55-58-61-64-67-73(76)79-70-71(69-78-72(75)66-63-60-57-54-51-48-24-21-18-15-12-9-6-3)80-74(77)68-65-62-59-56-53-49-26-23-20-17-14-11-8-5-2/h14,17,21,23-24,26,28-29,71H,4-13,15-16,18-20,22,25,27,30-70H2,1-3H3/b17-14-,24-21-,26-23-,29-28-. The van der Waals surface area contributed by atoms with Crippen LogP contribution in [0.5, 0.6) is 0 Å². The molecule has 0 aromatic carbocycles. The normalized spacial score (nSPS) is 12.3. The summed E-state index contributed by atoms with van der Waals surface area (Å²) < 4.78 is 16.9. The van der Waals surface area contributed by atoms with Gasteiger partial charge >= 0.3 is 17.9 Å². The minimum Gasteiger partial charge on any atom is -0.462 e. The summed E-state index contributed by atoms with van der Waals surface area (Å²) in [7, 11) is 0. The molecule has 1 atom stereocenters. The second-order valence-electron chi connectivity index (χ2n) is 24.1. The molecule has 0 spiro atoms. The maximum absolute atomic E-state index is 12.9. The van der Waals surface area contributed by atoms with E-state index >= 15 is 0 Å². The fourth-order valence-electron chi connectivity index (χ4n) is 10.6. The van der Waals surface area contributed by atoms with Gasteiger partial charge in [-0.1, -0.05) is 320 Å². The third-order valence-electron chi connectivity index (χ3n) is 16.0. The molecule has 6 heteroatoms. The van der Waals surface area contributed by atoms with Crippen molar-refractivity contribution < 1.29 is 28.6 Å². The number of unbranched alkanes of at least 4 members (excludes halogenated alkanes) is 47. The predicted octanol–water partition coefficient (Wildman–Crippen LogP) is 24.5. The summed E-state index contributed by atoms with van der Waals surface area (Å²) >= 11 is 0. The molecular formula is C74H136O6. The van der Waals surface area contributed by atoms with Crippen molar-refractivity contribution in [3.63, 3.8) is 0 Å². The summed E-state index contributed by atoms with van der Waals surface area (Å²) in [4.78, 5) is 38.3. The van der Waals surface area contributed by atoms with Crippen molar-refractivity contribution in [3.05, 3.63) is 48.6 Å². The van der Waals surface area contributed by atoms with Gasteiger partial charge in [-0.05, 0) is 96.3 Å². The highest BCUT2D eigenvalue weighted by molar-refractivity contribution is 5.71. The number of hydrogen-bond donors (Lipinski definition) is 0. The van der Waals surface area contributed by atoms with E-state index in [4.69, 9.17) is 14.2 Å². The van der Waals surface area contributed by atoms with Crippen LogP contribution >= 0.6 is 0 Å². The average Bonchev–Trinajstić information content (AvgIpc) is 3.46. The van der Waals surface area contributed by atoms with E-state index in [-0.39, 0.29) is 31.1 Å². The number of allylic oxidation sites excluding steroid dienone is 8. The van der Waals surface area contributed by atoms with Gasteiger partial charge < -0.3 is 14.2 Å². The van der Waals surface area contributed by atoms with Gasteiger partial charge in [-0.15, -0.1) is 0 Å². The van der Waals surface area contributed by atoms with Gasteiger partial charge in [0.25, 0.3) is 0 Å².